The van der Waals surface area contributed by atoms with E-state index in [9.17, 15) is 0 Å². The van der Waals surface area contributed by atoms with Gasteiger partial charge in [-0.3, -0.25) is 0 Å². The number of benzene rings is 1. The fourth-order valence-electron chi connectivity index (χ4n) is 2.47. The summed E-state index contributed by atoms with van der Waals surface area (Å²) < 4.78 is 2.21. The zero-order chi connectivity index (χ0) is 14.2. The predicted octanol–water partition coefficient (Wildman–Crippen LogP) is 3.05. The van der Waals surface area contributed by atoms with E-state index >= 15 is 0 Å². The summed E-state index contributed by atoms with van der Waals surface area (Å²) in [7, 11) is 2.10. The Kier molecular flexibility index (Phi) is 3.68. The SMILES string of the molecule is CC(C)Cc1nc2ccc(CC(C)(C)N)cc2n1C. The molecule has 2 aromatic rings. The van der Waals surface area contributed by atoms with Crippen LogP contribution in [-0.2, 0) is 19.9 Å². The van der Waals surface area contributed by atoms with Gasteiger partial charge in [-0.2, -0.15) is 0 Å². The van der Waals surface area contributed by atoms with Crippen LogP contribution in [0.25, 0.3) is 11.0 Å². The van der Waals surface area contributed by atoms with Crippen molar-refractivity contribution in [1.82, 2.24) is 9.55 Å². The van der Waals surface area contributed by atoms with Crippen molar-refractivity contribution in [2.24, 2.45) is 18.7 Å². The van der Waals surface area contributed by atoms with Gasteiger partial charge in [0.1, 0.15) is 5.82 Å². The molecule has 104 valence electrons. The third kappa shape index (κ3) is 3.35. The third-order valence-electron chi connectivity index (χ3n) is 3.29. The Morgan fingerprint density at radius 2 is 2.00 bits per heavy atom. The van der Waals surface area contributed by atoms with Crippen LogP contribution in [-0.4, -0.2) is 15.1 Å². The van der Waals surface area contributed by atoms with E-state index in [2.05, 4.69) is 57.5 Å². The summed E-state index contributed by atoms with van der Waals surface area (Å²) in [6.07, 6.45) is 1.90. The van der Waals surface area contributed by atoms with Crippen molar-refractivity contribution in [3.8, 4) is 0 Å². The Morgan fingerprint density at radius 3 is 2.58 bits per heavy atom. The molecule has 0 saturated heterocycles. The van der Waals surface area contributed by atoms with Crippen molar-refractivity contribution in [3.05, 3.63) is 29.6 Å². The maximum absolute atomic E-state index is 6.10. The van der Waals surface area contributed by atoms with E-state index in [1.165, 1.54) is 11.1 Å². The molecule has 0 spiro atoms. The molecule has 1 aromatic carbocycles. The second-order valence-electron chi connectivity index (χ2n) is 6.67. The van der Waals surface area contributed by atoms with Crippen molar-refractivity contribution >= 4 is 11.0 Å². The molecule has 3 nitrogen and oxygen atoms in total. The molecular formula is C16H25N3. The molecule has 1 heterocycles. The fraction of sp³-hybridized carbons (Fsp3) is 0.562. The highest BCUT2D eigenvalue weighted by Gasteiger charge is 2.14. The number of nitrogens with zero attached hydrogens (tertiary/aromatic N) is 2. The molecule has 0 atom stereocenters. The van der Waals surface area contributed by atoms with Crippen molar-refractivity contribution < 1.29 is 0 Å². The van der Waals surface area contributed by atoms with Crippen LogP contribution in [0.4, 0.5) is 0 Å². The molecule has 19 heavy (non-hydrogen) atoms. The second kappa shape index (κ2) is 4.97. The minimum atomic E-state index is -0.174. The quantitative estimate of drug-likeness (QED) is 0.917. The average molecular weight is 259 g/mol. The van der Waals surface area contributed by atoms with Crippen LogP contribution >= 0.6 is 0 Å². The molecule has 2 rings (SSSR count). The van der Waals surface area contributed by atoms with Gasteiger partial charge in [-0.15, -0.1) is 0 Å². The molecule has 0 fully saturated rings. The molecule has 0 aliphatic rings. The summed E-state index contributed by atoms with van der Waals surface area (Å²) in [4.78, 5) is 4.72. The first kappa shape index (κ1) is 14.1. The summed E-state index contributed by atoms with van der Waals surface area (Å²) in [5, 5.41) is 0. The highest BCUT2D eigenvalue weighted by atomic mass is 15.1. The normalized spacial score (nSPS) is 12.6. The summed E-state index contributed by atoms with van der Waals surface area (Å²) in [6, 6.07) is 6.48. The molecule has 0 saturated carbocycles. The number of aromatic nitrogens is 2. The molecule has 0 radical (unpaired) electrons. The number of aryl methyl sites for hydroxylation is 1. The number of rotatable bonds is 4. The molecule has 0 aliphatic carbocycles. The zero-order valence-corrected chi connectivity index (χ0v) is 12.7. The minimum absolute atomic E-state index is 0.174. The highest BCUT2D eigenvalue weighted by Crippen LogP contribution is 2.20. The van der Waals surface area contributed by atoms with Crippen molar-refractivity contribution in [2.75, 3.05) is 0 Å². The lowest BCUT2D eigenvalue weighted by atomic mass is 9.96. The van der Waals surface area contributed by atoms with Gasteiger partial charge >= 0.3 is 0 Å². The Bertz CT molecular complexity index is 573. The Labute approximate surface area is 115 Å². The van der Waals surface area contributed by atoms with Crippen LogP contribution in [0.5, 0.6) is 0 Å². The van der Waals surface area contributed by atoms with E-state index in [1.54, 1.807) is 0 Å². The van der Waals surface area contributed by atoms with Crippen LogP contribution in [0.15, 0.2) is 18.2 Å². The summed E-state index contributed by atoms with van der Waals surface area (Å²) >= 11 is 0. The van der Waals surface area contributed by atoms with Gasteiger partial charge in [-0.1, -0.05) is 19.9 Å². The summed E-state index contributed by atoms with van der Waals surface area (Å²) in [6.45, 7) is 8.57. The van der Waals surface area contributed by atoms with Crippen LogP contribution < -0.4 is 5.73 Å². The minimum Gasteiger partial charge on any atom is -0.331 e. The molecule has 1 aromatic heterocycles. The van der Waals surface area contributed by atoms with Gasteiger partial charge in [0, 0.05) is 19.0 Å². The molecular weight excluding hydrogens is 234 g/mol. The Hall–Kier alpha value is -1.35. The van der Waals surface area contributed by atoms with E-state index < -0.39 is 0 Å². The van der Waals surface area contributed by atoms with Gasteiger partial charge in [0.05, 0.1) is 11.0 Å². The first-order valence-corrected chi connectivity index (χ1v) is 6.99. The van der Waals surface area contributed by atoms with Crippen LogP contribution in [0.1, 0.15) is 39.1 Å². The number of hydrogen-bond acceptors (Lipinski definition) is 2. The van der Waals surface area contributed by atoms with Crippen molar-refractivity contribution in [3.63, 3.8) is 0 Å². The third-order valence-corrected chi connectivity index (χ3v) is 3.29. The van der Waals surface area contributed by atoms with Gasteiger partial charge < -0.3 is 10.3 Å². The number of imidazole rings is 1. The predicted molar refractivity (Wildman–Crippen MR) is 81.2 cm³/mol. The Balaban J connectivity index is 2.39. The lowest BCUT2D eigenvalue weighted by Crippen LogP contribution is -2.34. The number of nitrogens with two attached hydrogens (primary N) is 1. The molecule has 0 aliphatic heterocycles. The van der Waals surface area contributed by atoms with E-state index in [0.717, 1.165) is 24.2 Å². The lowest BCUT2D eigenvalue weighted by molar-refractivity contribution is 0.517. The first-order valence-electron chi connectivity index (χ1n) is 6.99. The smallest absolute Gasteiger partial charge is 0.109 e. The second-order valence-corrected chi connectivity index (χ2v) is 6.67. The monoisotopic (exact) mass is 259 g/mol. The van der Waals surface area contributed by atoms with E-state index in [-0.39, 0.29) is 5.54 Å². The number of fused-ring (bicyclic) bond motifs is 1. The van der Waals surface area contributed by atoms with E-state index in [1.807, 2.05) is 0 Å². The van der Waals surface area contributed by atoms with E-state index in [4.69, 9.17) is 10.7 Å². The van der Waals surface area contributed by atoms with Gasteiger partial charge in [-0.05, 0) is 43.9 Å². The Morgan fingerprint density at radius 1 is 1.32 bits per heavy atom. The maximum atomic E-state index is 6.10. The largest absolute Gasteiger partial charge is 0.331 e. The van der Waals surface area contributed by atoms with Gasteiger partial charge in [0.2, 0.25) is 0 Å². The van der Waals surface area contributed by atoms with Crippen LogP contribution in [0.2, 0.25) is 0 Å². The summed E-state index contributed by atoms with van der Waals surface area (Å²) in [5.41, 5.74) is 9.49. The zero-order valence-electron chi connectivity index (χ0n) is 12.7. The standard InChI is InChI=1S/C16H25N3/c1-11(2)8-15-18-13-7-6-12(10-16(3,4)17)9-14(13)19(15)5/h6-7,9,11H,8,10,17H2,1-5H3. The molecule has 0 bridgehead atoms. The van der Waals surface area contributed by atoms with Crippen molar-refractivity contribution in [1.29, 1.82) is 0 Å². The lowest BCUT2D eigenvalue weighted by Gasteiger charge is -2.18. The molecule has 0 amide bonds. The van der Waals surface area contributed by atoms with Crippen molar-refractivity contribution in [2.45, 2.75) is 46.1 Å². The summed E-state index contributed by atoms with van der Waals surface area (Å²) in [5.74, 6) is 1.78. The van der Waals surface area contributed by atoms with E-state index in [0.29, 0.717) is 5.92 Å². The highest BCUT2D eigenvalue weighted by molar-refractivity contribution is 5.76. The van der Waals surface area contributed by atoms with Gasteiger partial charge in [0.25, 0.3) is 0 Å². The molecule has 0 unspecified atom stereocenters. The maximum Gasteiger partial charge on any atom is 0.109 e. The van der Waals surface area contributed by atoms with Gasteiger partial charge in [0.15, 0.2) is 0 Å². The van der Waals surface area contributed by atoms with Crippen LogP contribution in [0, 0.1) is 5.92 Å². The molecule has 2 N–H and O–H groups in total. The fourth-order valence-corrected chi connectivity index (χ4v) is 2.47. The first-order chi connectivity index (χ1) is 8.76. The topological polar surface area (TPSA) is 43.8 Å². The number of hydrogen-bond donors (Lipinski definition) is 1. The van der Waals surface area contributed by atoms with Gasteiger partial charge in [-0.25, -0.2) is 4.98 Å². The van der Waals surface area contributed by atoms with Crippen LogP contribution in [0.3, 0.4) is 0 Å². The average Bonchev–Trinajstić information content (AvgIpc) is 2.54. The molecule has 3 heteroatoms.